The maximum Gasteiger partial charge on any atom is 0.317 e. The molecule has 0 aromatic carbocycles. The summed E-state index contributed by atoms with van der Waals surface area (Å²) >= 11 is 0. The Bertz CT molecular complexity index is 389. The molecule has 18 heavy (non-hydrogen) atoms. The van der Waals surface area contributed by atoms with Crippen molar-refractivity contribution in [3.8, 4) is 0 Å². The molecule has 0 saturated heterocycles. The number of furan rings is 1. The molecule has 2 amide bonds. The molecule has 1 atom stereocenters. The lowest BCUT2D eigenvalue weighted by Crippen LogP contribution is -2.39. The zero-order chi connectivity index (χ0) is 13.5. The van der Waals surface area contributed by atoms with Crippen molar-refractivity contribution >= 4 is 12.0 Å². The maximum absolute atomic E-state index is 11.7. The number of nitrogens with zero attached hydrogens (tertiary/aromatic N) is 1. The normalized spacial score (nSPS) is 11.9. The topological polar surface area (TPSA) is 82.8 Å². The Hall–Kier alpha value is -1.98. The van der Waals surface area contributed by atoms with Crippen molar-refractivity contribution in [2.75, 3.05) is 13.6 Å². The number of carboxylic acids is 1. The van der Waals surface area contributed by atoms with Crippen LogP contribution in [0.3, 0.4) is 0 Å². The molecule has 1 aromatic rings. The largest absolute Gasteiger partial charge is 0.481 e. The highest BCUT2D eigenvalue weighted by molar-refractivity contribution is 5.74. The number of carboxylic acid groups (broad SMARTS) is 1. The van der Waals surface area contributed by atoms with Gasteiger partial charge >= 0.3 is 12.0 Å². The van der Waals surface area contributed by atoms with Crippen molar-refractivity contribution in [3.05, 3.63) is 24.2 Å². The molecule has 0 spiro atoms. The van der Waals surface area contributed by atoms with E-state index in [9.17, 15) is 9.59 Å². The van der Waals surface area contributed by atoms with E-state index in [0.29, 0.717) is 18.8 Å². The van der Waals surface area contributed by atoms with E-state index in [1.54, 1.807) is 32.4 Å². The molecule has 0 aliphatic rings. The third-order valence-electron chi connectivity index (χ3n) is 2.44. The van der Waals surface area contributed by atoms with Crippen molar-refractivity contribution in [2.24, 2.45) is 5.92 Å². The molecule has 6 nitrogen and oxygen atoms in total. The van der Waals surface area contributed by atoms with Crippen LogP contribution in [0.1, 0.15) is 19.1 Å². The molecule has 1 rings (SSSR count). The Kier molecular flexibility index (Phi) is 5.23. The van der Waals surface area contributed by atoms with Crippen LogP contribution in [0.5, 0.6) is 0 Å². The van der Waals surface area contributed by atoms with E-state index in [0.717, 1.165) is 0 Å². The van der Waals surface area contributed by atoms with Crippen LogP contribution in [0.15, 0.2) is 22.8 Å². The number of carbonyl (C=O) groups excluding carboxylic acids is 1. The summed E-state index contributed by atoms with van der Waals surface area (Å²) in [4.78, 5) is 23.6. The van der Waals surface area contributed by atoms with Gasteiger partial charge in [0.15, 0.2) is 0 Å². The van der Waals surface area contributed by atoms with E-state index in [4.69, 9.17) is 9.52 Å². The highest BCUT2D eigenvalue weighted by Gasteiger charge is 2.13. The van der Waals surface area contributed by atoms with Crippen LogP contribution in [0.25, 0.3) is 0 Å². The quantitative estimate of drug-likeness (QED) is 0.806. The van der Waals surface area contributed by atoms with E-state index in [2.05, 4.69) is 5.32 Å². The first kappa shape index (κ1) is 14.1. The summed E-state index contributed by atoms with van der Waals surface area (Å²) in [6, 6.07) is 3.30. The number of aliphatic carboxylic acids is 1. The Balaban J connectivity index is 2.29. The summed E-state index contributed by atoms with van der Waals surface area (Å²) < 4.78 is 5.13. The summed E-state index contributed by atoms with van der Waals surface area (Å²) in [6.07, 6.45) is 1.60. The zero-order valence-electron chi connectivity index (χ0n) is 10.5. The predicted molar refractivity (Wildman–Crippen MR) is 65.0 cm³/mol. The number of nitrogens with one attached hydrogen (secondary N) is 1. The minimum absolute atomic E-state index is 0.0438. The summed E-state index contributed by atoms with van der Waals surface area (Å²) in [6.45, 7) is 2.50. The second-order valence-electron chi connectivity index (χ2n) is 4.32. The van der Waals surface area contributed by atoms with Gasteiger partial charge in [0.05, 0.1) is 12.8 Å². The monoisotopic (exact) mass is 254 g/mol. The molecule has 0 radical (unpaired) electrons. The third-order valence-corrected chi connectivity index (χ3v) is 2.44. The number of hydrogen-bond donors (Lipinski definition) is 2. The van der Waals surface area contributed by atoms with E-state index in [1.807, 2.05) is 0 Å². The van der Waals surface area contributed by atoms with Crippen molar-refractivity contribution < 1.29 is 19.1 Å². The molecule has 2 N–H and O–H groups in total. The highest BCUT2D eigenvalue weighted by Crippen LogP contribution is 2.04. The number of rotatable bonds is 6. The molecular weight excluding hydrogens is 236 g/mol. The molecule has 100 valence electrons. The Morgan fingerprint density at radius 1 is 1.56 bits per heavy atom. The van der Waals surface area contributed by atoms with Gasteiger partial charge in [0.25, 0.3) is 0 Å². The van der Waals surface area contributed by atoms with Crippen LogP contribution >= 0.6 is 0 Å². The number of carbonyl (C=O) groups is 2. The van der Waals surface area contributed by atoms with Gasteiger partial charge in [0.1, 0.15) is 5.76 Å². The molecular formula is C12H18N2O4. The summed E-state index contributed by atoms with van der Waals surface area (Å²) in [5.41, 5.74) is 0. The van der Waals surface area contributed by atoms with E-state index in [-0.39, 0.29) is 18.4 Å². The zero-order valence-corrected chi connectivity index (χ0v) is 10.5. The minimum Gasteiger partial charge on any atom is -0.481 e. The van der Waals surface area contributed by atoms with Gasteiger partial charge in [0, 0.05) is 20.0 Å². The first-order chi connectivity index (χ1) is 8.49. The number of amides is 2. The average Bonchev–Trinajstić information content (AvgIpc) is 2.77. The van der Waals surface area contributed by atoms with Crippen molar-refractivity contribution in [2.45, 2.75) is 19.9 Å². The molecule has 0 aliphatic heterocycles. The van der Waals surface area contributed by atoms with Crippen LogP contribution in [0.2, 0.25) is 0 Å². The molecule has 1 heterocycles. The van der Waals surface area contributed by atoms with Crippen LogP contribution < -0.4 is 5.32 Å². The standard InChI is InChI=1S/C12H18N2O4/c1-9(6-11(15)16)7-13-12(17)14(2)8-10-4-3-5-18-10/h3-5,9H,6-8H2,1-2H3,(H,13,17)(H,15,16). The number of urea groups is 1. The van der Waals surface area contributed by atoms with Gasteiger partial charge < -0.3 is 19.7 Å². The summed E-state index contributed by atoms with van der Waals surface area (Å²) in [5, 5.41) is 11.3. The van der Waals surface area contributed by atoms with Crippen LogP contribution in [-0.2, 0) is 11.3 Å². The Morgan fingerprint density at radius 3 is 2.83 bits per heavy atom. The summed E-state index contributed by atoms with van der Waals surface area (Å²) in [5.74, 6) is -0.254. The van der Waals surface area contributed by atoms with Crippen molar-refractivity contribution in [1.29, 1.82) is 0 Å². The third kappa shape index (κ3) is 4.90. The Morgan fingerprint density at radius 2 is 2.28 bits per heavy atom. The Labute approximate surface area is 106 Å². The first-order valence-corrected chi connectivity index (χ1v) is 5.72. The number of hydrogen-bond acceptors (Lipinski definition) is 3. The van der Waals surface area contributed by atoms with Crippen molar-refractivity contribution in [1.82, 2.24) is 10.2 Å². The second-order valence-corrected chi connectivity index (χ2v) is 4.32. The molecule has 0 aliphatic carbocycles. The minimum atomic E-state index is -0.860. The summed E-state index contributed by atoms with van der Waals surface area (Å²) in [7, 11) is 1.65. The lowest BCUT2D eigenvalue weighted by Gasteiger charge is -2.18. The first-order valence-electron chi connectivity index (χ1n) is 5.72. The molecule has 1 aromatic heterocycles. The van der Waals surface area contributed by atoms with Gasteiger partial charge in [-0.15, -0.1) is 0 Å². The SMILES string of the molecule is CC(CNC(=O)N(C)Cc1ccco1)CC(=O)O. The van der Waals surface area contributed by atoms with Crippen LogP contribution in [0, 0.1) is 5.92 Å². The molecule has 0 bridgehead atoms. The lowest BCUT2D eigenvalue weighted by molar-refractivity contribution is -0.137. The van der Waals surface area contributed by atoms with Crippen LogP contribution in [0.4, 0.5) is 4.79 Å². The maximum atomic E-state index is 11.7. The smallest absolute Gasteiger partial charge is 0.317 e. The van der Waals surface area contributed by atoms with Gasteiger partial charge in [-0.3, -0.25) is 4.79 Å². The molecule has 6 heteroatoms. The van der Waals surface area contributed by atoms with Crippen molar-refractivity contribution in [3.63, 3.8) is 0 Å². The van der Waals surface area contributed by atoms with Gasteiger partial charge in [-0.25, -0.2) is 4.79 Å². The molecule has 0 saturated carbocycles. The van der Waals surface area contributed by atoms with E-state index < -0.39 is 5.97 Å². The lowest BCUT2D eigenvalue weighted by atomic mass is 10.1. The fourth-order valence-corrected chi connectivity index (χ4v) is 1.47. The van der Waals surface area contributed by atoms with Gasteiger partial charge in [-0.1, -0.05) is 6.92 Å². The van der Waals surface area contributed by atoms with Crippen LogP contribution in [-0.4, -0.2) is 35.6 Å². The van der Waals surface area contributed by atoms with Gasteiger partial charge in [-0.05, 0) is 18.1 Å². The van der Waals surface area contributed by atoms with Gasteiger partial charge in [-0.2, -0.15) is 0 Å². The molecule has 0 fully saturated rings. The van der Waals surface area contributed by atoms with E-state index >= 15 is 0 Å². The predicted octanol–water partition coefficient (Wildman–Crippen LogP) is 1.53. The fourth-order valence-electron chi connectivity index (χ4n) is 1.47. The molecule has 1 unspecified atom stereocenters. The average molecular weight is 254 g/mol. The van der Waals surface area contributed by atoms with E-state index in [1.165, 1.54) is 4.90 Å². The van der Waals surface area contributed by atoms with Gasteiger partial charge in [0.2, 0.25) is 0 Å². The fraction of sp³-hybridized carbons (Fsp3) is 0.500. The second kappa shape index (κ2) is 6.68. The highest BCUT2D eigenvalue weighted by atomic mass is 16.4.